The molecule has 0 aromatic heterocycles. The van der Waals surface area contributed by atoms with Crippen LogP contribution in [0, 0.1) is 0 Å². The molecule has 92 valence electrons. The first kappa shape index (κ1) is 11.8. The van der Waals surface area contributed by atoms with Crippen LogP contribution in [0.1, 0.15) is 12.8 Å². The van der Waals surface area contributed by atoms with Crippen LogP contribution in [0.2, 0.25) is 5.02 Å². The largest absolute Gasteiger partial charge is 0.485 e. The number of halogens is 2. The minimum atomic E-state index is 0.491. The molecule has 3 rings (SSSR count). The highest BCUT2D eigenvalue weighted by atomic mass is 35.5. The van der Waals surface area contributed by atoms with E-state index in [1.54, 1.807) is 6.07 Å². The Balaban J connectivity index is 1.94. The lowest BCUT2D eigenvalue weighted by molar-refractivity contribution is 0.372. The van der Waals surface area contributed by atoms with E-state index < -0.39 is 0 Å². The van der Waals surface area contributed by atoms with Crippen molar-refractivity contribution >= 4 is 34.6 Å². The van der Waals surface area contributed by atoms with E-state index in [0.29, 0.717) is 11.6 Å². The number of nitrogens with zero attached hydrogens (tertiary/aromatic N) is 1. The van der Waals surface area contributed by atoms with E-state index in [0.717, 1.165) is 35.0 Å². The summed E-state index contributed by atoms with van der Waals surface area (Å²) in [6.07, 6.45) is 5.75. The Bertz CT molecular complexity index is 587. The highest BCUT2D eigenvalue weighted by Crippen LogP contribution is 2.35. The fourth-order valence-electron chi connectivity index (χ4n) is 2.04. The first-order valence-electron chi connectivity index (χ1n) is 5.78. The summed E-state index contributed by atoms with van der Waals surface area (Å²) < 4.78 is 5.69. The summed E-state index contributed by atoms with van der Waals surface area (Å²) in [5.74, 6) is 0.747. The van der Waals surface area contributed by atoms with Crippen molar-refractivity contribution in [3.8, 4) is 5.75 Å². The first-order chi connectivity index (χ1) is 8.72. The van der Waals surface area contributed by atoms with Crippen LogP contribution >= 0.6 is 23.2 Å². The fraction of sp³-hybridized carbons (Fsp3) is 0.214. The molecule has 1 heterocycles. The highest BCUT2D eigenvalue weighted by Gasteiger charge is 2.17. The normalized spacial score (nSPS) is 18.2. The number of rotatable bonds is 1. The van der Waals surface area contributed by atoms with E-state index in [1.165, 1.54) is 5.57 Å². The standard InChI is InChI=1S/C14H11Cl2NO/c15-10-3-1-9(2-4-10)13-8-18-14-7-11(16)5-6-12(14)17-13/h1,3,5-7H,2,4,8H2. The molecule has 1 aromatic rings. The number of hydrogen-bond acceptors (Lipinski definition) is 2. The van der Waals surface area contributed by atoms with Crippen LogP contribution in [0.25, 0.3) is 0 Å². The summed E-state index contributed by atoms with van der Waals surface area (Å²) in [4.78, 5) is 4.63. The van der Waals surface area contributed by atoms with Crippen molar-refractivity contribution in [2.75, 3.05) is 6.61 Å². The third-order valence-corrected chi connectivity index (χ3v) is 3.56. The van der Waals surface area contributed by atoms with E-state index in [1.807, 2.05) is 24.3 Å². The molecule has 0 unspecified atom stereocenters. The lowest BCUT2D eigenvalue weighted by atomic mass is 10.00. The SMILES string of the molecule is ClC1=CC=C(C2=Nc3ccc(Cl)cc3OC2)CC1. The Morgan fingerprint density at radius 2 is 2.00 bits per heavy atom. The van der Waals surface area contributed by atoms with Gasteiger partial charge in [-0.15, -0.1) is 0 Å². The number of ether oxygens (including phenoxy) is 1. The van der Waals surface area contributed by atoms with Gasteiger partial charge in [-0.3, -0.25) is 0 Å². The lowest BCUT2D eigenvalue weighted by Crippen LogP contribution is -2.18. The molecule has 1 aromatic carbocycles. The molecule has 0 saturated carbocycles. The average molecular weight is 280 g/mol. The van der Waals surface area contributed by atoms with Gasteiger partial charge in [0.05, 0.1) is 5.71 Å². The number of hydrogen-bond donors (Lipinski definition) is 0. The molecule has 2 aliphatic rings. The van der Waals surface area contributed by atoms with Crippen LogP contribution in [0.5, 0.6) is 5.75 Å². The van der Waals surface area contributed by atoms with Crippen molar-refractivity contribution in [3.63, 3.8) is 0 Å². The molecule has 0 radical (unpaired) electrons. The van der Waals surface area contributed by atoms with Gasteiger partial charge >= 0.3 is 0 Å². The van der Waals surface area contributed by atoms with Crippen molar-refractivity contribution in [3.05, 3.63) is 46.0 Å². The quantitative estimate of drug-likeness (QED) is 0.733. The Morgan fingerprint density at radius 1 is 1.11 bits per heavy atom. The number of aliphatic imine (C=N–C) groups is 1. The van der Waals surface area contributed by atoms with Gasteiger partial charge in [0, 0.05) is 16.1 Å². The molecule has 18 heavy (non-hydrogen) atoms. The Morgan fingerprint density at radius 3 is 2.78 bits per heavy atom. The smallest absolute Gasteiger partial charge is 0.146 e. The molecule has 0 spiro atoms. The second-order valence-electron chi connectivity index (χ2n) is 4.26. The van der Waals surface area contributed by atoms with Gasteiger partial charge in [0.15, 0.2) is 0 Å². The summed E-state index contributed by atoms with van der Waals surface area (Å²) in [6, 6.07) is 5.49. The van der Waals surface area contributed by atoms with E-state index in [4.69, 9.17) is 27.9 Å². The number of fused-ring (bicyclic) bond motifs is 1. The second-order valence-corrected chi connectivity index (χ2v) is 5.19. The van der Waals surface area contributed by atoms with Gasteiger partial charge in [0.1, 0.15) is 18.0 Å². The Hall–Kier alpha value is -1.25. The van der Waals surface area contributed by atoms with E-state index in [-0.39, 0.29) is 0 Å². The molecule has 1 aliphatic heterocycles. The second kappa shape index (κ2) is 4.79. The van der Waals surface area contributed by atoms with Crippen LogP contribution in [0.3, 0.4) is 0 Å². The van der Waals surface area contributed by atoms with Crippen LogP contribution in [0.4, 0.5) is 5.69 Å². The zero-order valence-corrected chi connectivity index (χ0v) is 11.1. The maximum atomic E-state index is 5.95. The zero-order chi connectivity index (χ0) is 12.5. The third kappa shape index (κ3) is 2.31. The average Bonchev–Trinajstić information content (AvgIpc) is 2.39. The van der Waals surface area contributed by atoms with Gasteiger partial charge in [0.2, 0.25) is 0 Å². The summed E-state index contributed by atoms with van der Waals surface area (Å²) in [7, 11) is 0. The molecule has 2 nitrogen and oxygen atoms in total. The maximum absolute atomic E-state index is 5.95. The molecule has 0 atom stereocenters. The van der Waals surface area contributed by atoms with Crippen molar-refractivity contribution in [2.24, 2.45) is 4.99 Å². The van der Waals surface area contributed by atoms with Gasteiger partial charge in [-0.05, 0) is 36.6 Å². The van der Waals surface area contributed by atoms with Crippen molar-refractivity contribution in [1.82, 2.24) is 0 Å². The monoisotopic (exact) mass is 279 g/mol. The van der Waals surface area contributed by atoms with E-state index in [9.17, 15) is 0 Å². The Kier molecular flexibility index (Phi) is 3.14. The third-order valence-electron chi connectivity index (χ3n) is 3.01. The molecule has 0 bridgehead atoms. The molecule has 0 saturated heterocycles. The minimum absolute atomic E-state index is 0.491. The molecular weight excluding hydrogens is 269 g/mol. The summed E-state index contributed by atoms with van der Waals surface area (Å²) in [5, 5.41) is 1.56. The fourth-order valence-corrected chi connectivity index (χ4v) is 2.36. The van der Waals surface area contributed by atoms with Gasteiger partial charge < -0.3 is 4.74 Å². The molecule has 4 heteroatoms. The highest BCUT2D eigenvalue weighted by molar-refractivity contribution is 6.31. The maximum Gasteiger partial charge on any atom is 0.146 e. The van der Waals surface area contributed by atoms with Gasteiger partial charge in [-0.1, -0.05) is 29.3 Å². The van der Waals surface area contributed by atoms with E-state index in [2.05, 4.69) is 4.99 Å². The van der Waals surface area contributed by atoms with Crippen LogP contribution in [-0.4, -0.2) is 12.3 Å². The summed E-state index contributed by atoms with van der Waals surface area (Å²) in [6.45, 7) is 0.491. The van der Waals surface area contributed by atoms with Gasteiger partial charge in [0.25, 0.3) is 0 Å². The Labute approximate surface area is 116 Å². The first-order valence-corrected chi connectivity index (χ1v) is 6.53. The lowest BCUT2D eigenvalue weighted by Gasteiger charge is -2.20. The van der Waals surface area contributed by atoms with E-state index >= 15 is 0 Å². The molecule has 0 fully saturated rings. The molecule has 0 amide bonds. The van der Waals surface area contributed by atoms with Crippen molar-refractivity contribution in [1.29, 1.82) is 0 Å². The van der Waals surface area contributed by atoms with Crippen molar-refractivity contribution in [2.45, 2.75) is 12.8 Å². The predicted molar refractivity (Wildman–Crippen MR) is 75.3 cm³/mol. The zero-order valence-electron chi connectivity index (χ0n) is 9.62. The number of allylic oxidation sites excluding steroid dienone is 3. The summed E-state index contributed by atoms with van der Waals surface area (Å²) in [5.41, 5.74) is 3.01. The van der Waals surface area contributed by atoms with Crippen LogP contribution in [0.15, 0.2) is 45.9 Å². The molecule has 1 aliphatic carbocycles. The van der Waals surface area contributed by atoms with Gasteiger partial charge in [-0.25, -0.2) is 4.99 Å². The van der Waals surface area contributed by atoms with Gasteiger partial charge in [-0.2, -0.15) is 0 Å². The predicted octanol–water partition coefficient (Wildman–Crippen LogP) is 4.65. The van der Waals surface area contributed by atoms with Crippen LogP contribution in [-0.2, 0) is 0 Å². The minimum Gasteiger partial charge on any atom is -0.485 e. The molecule has 0 N–H and O–H groups in total. The summed E-state index contributed by atoms with van der Waals surface area (Å²) >= 11 is 11.9. The molecular formula is C14H11Cl2NO. The van der Waals surface area contributed by atoms with Crippen molar-refractivity contribution < 1.29 is 4.74 Å². The number of benzene rings is 1. The topological polar surface area (TPSA) is 21.6 Å². The van der Waals surface area contributed by atoms with Crippen LogP contribution < -0.4 is 4.74 Å².